The molecule has 3 aromatic rings. The molecule has 1 unspecified atom stereocenters. The minimum atomic E-state index is -0.913. The van der Waals surface area contributed by atoms with Crippen LogP contribution in [0.4, 0.5) is 5.69 Å². The average Bonchev–Trinajstić information content (AvgIpc) is 3.61. The number of anilines is 1. The molecule has 1 fully saturated rings. The van der Waals surface area contributed by atoms with Gasteiger partial charge in [-0.25, -0.2) is 14.5 Å². The van der Waals surface area contributed by atoms with Crippen LogP contribution in [0.5, 0.6) is 17.2 Å². The summed E-state index contributed by atoms with van der Waals surface area (Å²) in [6.45, 7) is 3.23. The van der Waals surface area contributed by atoms with E-state index in [1.54, 1.807) is 25.6 Å². The summed E-state index contributed by atoms with van der Waals surface area (Å²) < 4.78 is 18.7. The van der Waals surface area contributed by atoms with Crippen LogP contribution in [-0.4, -0.2) is 71.4 Å². The van der Waals surface area contributed by atoms with E-state index in [1.165, 1.54) is 0 Å². The predicted octanol–water partition coefficient (Wildman–Crippen LogP) is 2.97. The highest BCUT2D eigenvalue weighted by molar-refractivity contribution is 5.94. The molecule has 2 aliphatic heterocycles. The topological polar surface area (TPSA) is 118 Å². The predicted molar refractivity (Wildman–Crippen MR) is 154 cm³/mol. The Labute approximate surface area is 245 Å². The molecular weight excluding hydrogens is 538 g/mol. The number of methoxy groups -OCH3 is 1. The molecule has 4 heterocycles. The van der Waals surface area contributed by atoms with E-state index in [1.807, 2.05) is 58.1 Å². The van der Waals surface area contributed by atoms with Crippen molar-refractivity contribution in [3.05, 3.63) is 66.5 Å². The number of carboxylic acids is 1. The standard InChI is InChI=1S/C31H37N5O6/c1-4-5-14-36(22-8-6-13-34(2)17-22)28(37)19-35-18-23(21-15-25(40-3)30-26(16-21)41-20-42-30)29(31(38)39)24(35)9-10-27-32-11-7-12-33-27/h6-8,11-13,15-17,23-24,29H,4-5,9-10,14,18-20H2,1-3H3/p+1/t23-,24+,29?/m1/s1. The number of ether oxygens (including phenoxy) is 3. The number of hydrogen-bond donors (Lipinski definition) is 1. The summed E-state index contributed by atoms with van der Waals surface area (Å²) in [7, 11) is 3.47. The summed E-state index contributed by atoms with van der Waals surface area (Å²) in [5, 5.41) is 10.6. The maximum Gasteiger partial charge on any atom is 0.308 e. The van der Waals surface area contributed by atoms with E-state index < -0.39 is 23.8 Å². The van der Waals surface area contributed by atoms with Gasteiger partial charge in [-0.3, -0.25) is 14.5 Å². The second-order valence-corrected chi connectivity index (χ2v) is 10.8. The molecule has 1 saturated heterocycles. The van der Waals surface area contributed by atoms with Crippen LogP contribution in [-0.2, 0) is 23.1 Å². The number of aliphatic carboxylic acids is 1. The quantitative estimate of drug-likeness (QED) is 0.325. The molecule has 11 heteroatoms. The number of nitrogens with zero attached hydrogens (tertiary/aromatic N) is 5. The van der Waals surface area contributed by atoms with Crippen molar-refractivity contribution in [3.63, 3.8) is 0 Å². The summed E-state index contributed by atoms with van der Waals surface area (Å²) in [6.07, 6.45) is 10.0. The molecule has 1 aromatic carbocycles. The third-order valence-corrected chi connectivity index (χ3v) is 8.04. The largest absolute Gasteiger partial charge is 0.493 e. The lowest BCUT2D eigenvalue weighted by atomic mass is 9.83. The molecule has 222 valence electrons. The van der Waals surface area contributed by atoms with Gasteiger partial charge in [0.2, 0.25) is 18.4 Å². The van der Waals surface area contributed by atoms with Gasteiger partial charge < -0.3 is 24.2 Å². The van der Waals surface area contributed by atoms with Crippen molar-refractivity contribution < 1.29 is 33.5 Å². The van der Waals surface area contributed by atoms with Gasteiger partial charge in [-0.15, -0.1) is 0 Å². The highest BCUT2D eigenvalue weighted by atomic mass is 16.7. The fraction of sp³-hybridized carbons (Fsp3) is 0.452. The molecule has 1 amide bonds. The number of hydrogen-bond acceptors (Lipinski definition) is 8. The molecule has 1 N–H and O–H groups in total. The van der Waals surface area contributed by atoms with Gasteiger partial charge in [-0.05, 0) is 42.7 Å². The van der Waals surface area contributed by atoms with Crippen molar-refractivity contribution in [2.45, 2.75) is 44.6 Å². The smallest absolute Gasteiger partial charge is 0.308 e. The molecule has 0 aliphatic carbocycles. The molecule has 3 atom stereocenters. The molecule has 5 rings (SSSR count). The van der Waals surface area contributed by atoms with Crippen molar-refractivity contribution in [1.82, 2.24) is 14.9 Å². The number of unbranched alkanes of at least 4 members (excludes halogenated alkanes) is 1. The lowest BCUT2D eigenvalue weighted by Gasteiger charge is -2.29. The van der Waals surface area contributed by atoms with Gasteiger partial charge in [0, 0.05) is 49.9 Å². The Morgan fingerprint density at radius 2 is 2.02 bits per heavy atom. The molecular formula is C31H38N5O6+. The van der Waals surface area contributed by atoms with Gasteiger partial charge in [0.15, 0.2) is 23.9 Å². The first-order valence-corrected chi connectivity index (χ1v) is 14.4. The zero-order valence-corrected chi connectivity index (χ0v) is 24.3. The second-order valence-electron chi connectivity index (χ2n) is 10.8. The average molecular weight is 577 g/mol. The van der Waals surface area contributed by atoms with Crippen LogP contribution in [0, 0.1) is 5.92 Å². The Morgan fingerprint density at radius 3 is 2.74 bits per heavy atom. The van der Waals surface area contributed by atoms with E-state index in [9.17, 15) is 14.7 Å². The fourth-order valence-electron chi connectivity index (χ4n) is 6.00. The number of amides is 1. The monoisotopic (exact) mass is 576 g/mol. The zero-order valence-electron chi connectivity index (χ0n) is 24.3. The summed E-state index contributed by atoms with van der Waals surface area (Å²) in [6, 6.07) is 8.85. The SMILES string of the molecule is CCCCN(C(=O)CN1C[C@H](c2cc(OC)c3c(c2)OCO3)C(C(=O)O)[C@@H]1CCc1ncccn1)c1ccc[n+](C)c1. The minimum absolute atomic E-state index is 0.0660. The zero-order chi connectivity index (χ0) is 29.6. The fourth-order valence-corrected chi connectivity index (χ4v) is 6.00. The summed E-state index contributed by atoms with van der Waals surface area (Å²) in [5.74, 6) is 0.0212. The lowest BCUT2D eigenvalue weighted by molar-refractivity contribution is -0.670. The first-order valence-electron chi connectivity index (χ1n) is 14.4. The van der Waals surface area contributed by atoms with E-state index in [0.717, 1.165) is 24.1 Å². The van der Waals surface area contributed by atoms with E-state index in [0.29, 0.717) is 49.0 Å². The number of benzene rings is 1. The number of aryl methyl sites for hydroxylation is 2. The molecule has 2 aliphatic rings. The van der Waals surface area contributed by atoms with Gasteiger partial charge in [-0.1, -0.05) is 13.3 Å². The molecule has 2 aromatic heterocycles. The van der Waals surface area contributed by atoms with Crippen LogP contribution in [0.15, 0.2) is 55.1 Å². The van der Waals surface area contributed by atoms with Gasteiger partial charge in [0.25, 0.3) is 0 Å². The van der Waals surface area contributed by atoms with Crippen LogP contribution >= 0.6 is 0 Å². The number of carbonyl (C=O) groups is 2. The number of likely N-dealkylation sites (tertiary alicyclic amines) is 1. The van der Waals surface area contributed by atoms with E-state index in [-0.39, 0.29) is 19.2 Å². The van der Waals surface area contributed by atoms with Gasteiger partial charge >= 0.3 is 5.97 Å². The van der Waals surface area contributed by atoms with Crippen molar-refractivity contribution in [2.75, 3.05) is 38.4 Å². The third kappa shape index (κ3) is 6.30. The Hall–Kier alpha value is -4.25. The van der Waals surface area contributed by atoms with Crippen LogP contribution in [0.2, 0.25) is 0 Å². The Balaban J connectivity index is 1.47. The summed E-state index contributed by atoms with van der Waals surface area (Å²) in [5.41, 5.74) is 1.59. The third-order valence-electron chi connectivity index (χ3n) is 8.04. The number of carboxylic acid groups (broad SMARTS) is 1. The van der Waals surface area contributed by atoms with Crippen LogP contribution in [0.25, 0.3) is 0 Å². The van der Waals surface area contributed by atoms with Crippen LogP contribution < -0.4 is 23.7 Å². The molecule has 11 nitrogen and oxygen atoms in total. The highest BCUT2D eigenvalue weighted by Gasteiger charge is 2.47. The maximum absolute atomic E-state index is 14.0. The Bertz CT molecular complexity index is 1400. The molecule has 0 bridgehead atoms. The number of fused-ring (bicyclic) bond motifs is 1. The van der Waals surface area contributed by atoms with Crippen molar-refractivity contribution in [1.29, 1.82) is 0 Å². The van der Waals surface area contributed by atoms with Crippen LogP contribution in [0.1, 0.15) is 43.5 Å². The minimum Gasteiger partial charge on any atom is -0.493 e. The molecule has 0 radical (unpaired) electrons. The first kappa shape index (κ1) is 29.2. The highest BCUT2D eigenvalue weighted by Crippen LogP contribution is 2.47. The Morgan fingerprint density at radius 1 is 1.21 bits per heavy atom. The van der Waals surface area contributed by atoms with E-state index in [2.05, 4.69) is 16.9 Å². The number of rotatable bonds is 12. The normalized spacial score (nSPS) is 19.5. The molecule has 42 heavy (non-hydrogen) atoms. The molecule has 0 saturated carbocycles. The lowest BCUT2D eigenvalue weighted by Crippen LogP contribution is -2.45. The van der Waals surface area contributed by atoms with Crippen molar-refractivity contribution >= 4 is 17.6 Å². The summed E-state index contributed by atoms with van der Waals surface area (Å²) >= 11 is 0. The maximum atomic E-state index is 14.0. The molecule has 0 spiro atoms. The van der Waals surface area contributed by atoms with Crippen LogP contribution in [0.3, 0.4) is 0 Å². The van der Waals surface area contributed by atoms with Gasteiger partial charge in [-0.2, -0.15) is 0 Å². The van der Waals surface area contributed by atoms with Crippen molar-refractivity contribution in [2.24, 2.45) is 13.0 Å². The summed E-state index contributed by atoms with van der Waals surface area (Å²) in [4.78, 5) is 39.4. The number of carbonyl (C=O) groups excluding carboxylic acids is 1. The van der Waals surface area contributed by atoms with Crippen molar-refractivity contribution in [3.8, 4) is 17.2 Å². The Kier molecular flexibility index (Phi) is 9.16. The van der Waals surface area contributed by atoms with E-state index >= 15 is 0 Å². The number of aromatic nitrogens is 3. The van der Waals surface area contributed by atoms with Gasteiger partial charge in [0.1, 0.15) is 18.6 Å². The number of pyridine rings is 1. The van der Waals surface area contributed by atoms with E-state index in [4.69, 9.17) is 14.2 Å². The van der Waals surface area contributed by atoms with Gasteiger partial charge in [0.05, 0.1) is 19.6 Å². The second kappa shape index (κ2) is 13.2. The first-order chi connectivity index (χ1) is 20.4.